The van der Waals surface area contributed by atoms with Gasteiger partial charge in [-0.1, -0.05) is 17.7 Å². The number of nitrogens with two attached hydrogens (primary N) is 1. The predicted octanol–water partition coefficient (Wildman–Crippen LogP) is 4.25. The minimum absolute atomic E-state index is 0.0229. The molecule has 0 aliphatic rings. The molecule has 2 rings (SSSR count). The van der Waals surface area contributed by atoms with Gasteiger partial charge in [0.1, 0.15) is 5.82 Å². The van der Waals surface area contributed by atoms with E-state index in [0.29, 0.717) is 0 Å². The lowest BCUT2D eigenvalue weighted by atomic mass is 10.2. The third-order valence-corrected chi connectivity index (χ3v) is 2.80. The second-order valence-corrected chi connectivity index (χ2v) is 4.34. The summed E-state index contributed by atoms with van der Waals surface area (Å²) >= 11 is 5.65. The van der Waals surface area contributed by atoms with E-state index >= 15 is 0 Å². The highest BCUT2D eigenvalue weighted by Gasteiger charge is 2.12. The van der Waals surface area contributed by atoms with Gasteiger partial charge in [0.15, 0.2) is 5.82 Å². The molecule has 0 atom stereocenters. The topological polar surface area (TPSA) is 38.0 Å². The molecule has 3 N–H and O–H groups in total. The fraction of sp³-hybridized carbons (Fsp3) is 0.0769. The van der Waals surface area contributed by atoms with Gasteiger partial charge in [-0.25, -0.2) is 8.78 Å². The molecule has 2 nitrogen and oxygen atoms in total. The molecule has 0 heterocycles. The monoisotopic (exact) mass is 268 g/mol. The summed E-state index contributed by atoms with van der Waals surface area (Å²) in [6.07, 6.45) is 0. The minimum Gasteiger partial charge on any atom is -0.397 e. The van der Waals surface area contributed by atoms with Crippen LogP contribution in [0.4, 0.5) is 25.8 Å². The zero-order valence-electron chi connectivity index (χ0n) is 9.60. The fourth-order valence-electron chi connectivity index (χ4n) is 1.55. The Bertz CT molecular complexity index is 600. The van der Waals surface area contributed by atoms with E-state index in [1.54, 1.807) is 13.0 Å². The van der Waals surface area contributed by atoms with E-state index in [9.17, 15) is 8.78 Å². The quantitative estimate of drug-likeness (QED) is 0.799. The first-order valence-corrected chi connectivity index (χ1v) is 5.63. The van der Waals surface area contributed by atoms with Gasteiger partial charge in [-0.2, -0.15) is 0 Å². The number of halogens is 3. The standard InChI is InChI=1S/C13H11ClF2N2/c1-7-2-5-11(9(15)6-7)18-13-10(17)4-3-8(14)12(13)16/h2-6,18H,17H2,1H3. The van der Waals surface area contributed by atoms with Gasteiger partial charge < -0.3 is 11.1 Å². The van der Waals surface area contributed by atoms with E-state index in [4.69, 9.17) is 17.3 Å². The molecule has 0 unspecified atom stereocenters. The fourth-order valence-corrected chi connectivity index (χ4v) is 1.71. The third-order valence-electron chi connectivity index (χ3n) is 2.51. The van der Waals surface area contributed by atoms with Crippen LogP contribution in [0.25, 0.3) is 0 Å². The van der Waals surface area contributed by atoms with Crippen LogP contribution >= 0.6 is 11.6 Å². The SMILES string of the molecule is Cc1ccc(Nc2c(N)ccc(Cl)c2F)c(F)c1. The normalized spacial score (nSPS) is 10.4. The summed E-state index contributed by atoms with van der Waals surface area (Å²) in [4.78, 5) is 0. The first kappa shape index (κ1) is 12.6. The molecule has 0 aliphatic carbocycles. The number of nitrogens with one attached hydrogen (secondary N) is 1. The zero-order chi connectivity index (χ0) is 13.3. The smallest absolute Gasteiger partial charge is 0.167 e. The van der Waals surface area contributed by atoms with E-state index < -0.39 is 11.6 Å². The molecule has 94 valence electrons. The van der Waals surface area contributed by atoms with E-state index in [0.717, 1.165) is 5.56 Å². The van der Waals surface area contributed by atoms with Crippen LogP contribution in [0, 0.1) is 18.6 Å². The summed E-state index contributed by atoms with van der Waals surface area (Å²) < 4.78 is 27.4. The molecule has 0 saturated carbocycles. The molecule has 5 heteroatoms. The molecule has 0 aromatic heterocycles. The molecule has 0 spiro atoms. The van der Waals surface area contributed by atoms with Gasteiger partial charge >= 0.3 is 0 Å². The van der Waals surface area contributed by atoms with Crippen LogP contribution in [0.1, 0.15) is 5.56 Å². The van der Waals surface area contributed by atoms with Crippen molar-refractivity contribution in [3.05, 3.63) is 52.6 Å². The molecule has 2 aromatic carbocycles. The third kappa shape index (κ3) is 2.38. The molecule has 0 aliphatic heterocycles. The molecule has 0 radical (unpaired) electrons. The molecule has 0 amide bonds. The van der Waals surface area contributed by atoms with Crippen molar-refractivity contribution in [1.82, 2.24) is 0 Å². The summed E-state index contributed by atoms with van der Waals surface area (Å²) in [5.41, 5.74) is 6.70. The van der Waals surface area contributed by atoms with E-state index in [1.807, 2.05) is 0 Å². The Balaban J connectivity index is 2.43. The maximum absolute atomic E-state index is 13.8. The van der Waals surface area contributed by atoms with Crippen LogP contribution in [0.15, 0.2) is 30.3 Å². The van der Waals surface area contributed by atoms with Crippen molar-refractivity contribution in [3.8, 4) is 0 Å². The lowest BCUT2D eigenvalue weighted by Gasteiger charge is -2.12. The second kappa shape index (κ2) is 4.82. The van der Waals surface area contributed by atoms with Crippen LogP contribution < -0.4 is 11.1 Å². The van der Waals surface area contributed by atoms with Gasteiger partial charge in [-0.05, 0) is 36.8 Å². The Morgan fingerprint density at radius 1 is 1.17 bits per heavy atom. The van der Waals surface area contributed by atoms with Crippen molar-refractivity contribution in [2.24, 2.45) is 0 Å². The van der Waals surface area contributed by atoms with Crippen molar-refractivity contribution in [1.29, 1.82) is 0 Å². The Labute approximate surface area is 108 Å². The average Bonchev–Trinajstić information content (AvgIpc) is 2.32. The first-order valence-electron chi connectivity index (χ1n) is 5.25. The maximum atomic E-state index is 13.8. The highest BCUT2D eigenvalue weighted by Crippen LogP contribution is 2.31. The summed E-state index contributed by atoms with van der Waals surface area (Å²) in [6.45, 7) is 1.77. The molecule has 0 saturated heterocycles. The summed E-state index contributed by atoms with van der Waals surface area (Å²) in [5.74, 6) is -1.18. The van der Waals surface area contributed by atoms with E-state index in [1.165, 1.54) is 24.3 Å². The minimum atomic E-state index is -0.698. The Hall–Kier alpha value is -1.81. The average molecular weight is 269 g/mol. The molecule has 2 aromatic rings. The van der Waals surface area contributed by atoms with Crippen molar-refractivity contribution in [2.45, 2.75) is 6.92 Å². The largest absolute Gasteiger partial charge is 0.397 e. The number of benzene rings is 2. The zero-order valence-corrected chi connectivity index (χ0v) is 10.4. The van der Waals surface area contributed by atoms with Gasteiger partial charge in [0, 0.05) is 0 Å². The number of hydrogen-bond acceptors (Lipinski definition) is 2. The lowest BCUT2D eigenvalue weighted by Crippen LogP contribution is -2.01. The Kier molecular flexibility index (Phi) is 3.39. The van der Waals surface area contributed by atoms with E-state index in [2.05, 4.69) is 5.32 Å². The molecule has 0 bridgehead atoms. The maximum Gasteiger partial charge on any atom is 0.167 e. The van der Waals surface area contributed by atoms with Gasteiger partial charge in [-0.15, -0.1) is 0 Å². The number of hydrogen-bond donors (Lipinski definition) is 2. The van der Waals surface area contributed by atoms with Gasteiger partial charge in [0.25, 0.3) is 0 Å². The van der Waals surface area contributed by atoms with Crippen molar-refractivity contribution in [3.63, 3.8) is 0 Å². The van der Waals surface area contributed by atoms with E-state index in [-0.39, 0.29) is 22.1 Å². The Morgan fingerprint density at radius 2 is 1.89 bits per heavy atom. The number of nitrogen functional groups attached to an aromatic ring is 1. The highest BCUT2D eigenvalue weighted by atomic mass is 35.5. The Morgan fingerprint density at radius 3 is 2.56 bits per heavy atom. The van der Waals surface area contributed by atoms with Crippen LogP contribution in [-0.4, -0.2) is 0 Å². The number of aryl methyl sites for hydroxylation is 1. The summed E-state index contributed by atoms with van der Waals surface area (Å²) in [6, 6.07) is 7.39. The van der Waals surface area contributed by atoms with Crippen molar-refractivity contribution < 1.29 is 8.78 Å². The number of rotatable bonds is 2. The number of anilines is 3. The molecule has 18 heavy (non-hydrogen) atoms. The lowest BCUT2D eigenvalue weighted by molar-refractivity contribution is 0.625. The van der Waals surface area contributed by atoms with Crippen molar-refractivity contribution in [2.75, 3.05) is 11.1 Å². The highest BCUT2D eigenvalue weighted by molar-refractivity contribution is 6.31. The molecule has 0 fully saturated rings. The second-order valence-electron chi connectivity index (χ2n) is 3.93. The van der Waals surface area contributed by atoms with Crippen LogP contribution in [0.5, 0.6) is 0 Å². The van der Waals surface area contributed by atoms with Gasteiger partial charge in [0.2, 0.25) is 0 Å². The summed E-state index contributed by atoms with van der Waals surface area (Å²) in [7, 11) is 0. The van der Waals surface area contributed by atoms with Crippen LogP contribution in [0.2, 0.25) is 5.02 Å². The van der Waals surface area contributed by atoms with Crippen LogP contribution in [-0.2, 0) is 0 Å². The molecular formula is C13H11ClF2N2. The first-order chi connectivity index (χ1) is 8.49. The predicted molar refractivity (Wildman–Crippen MR) is 70.2 cm³/mol. The van der Waals surface area contributed by atoms with Crippen molar-refractivity contribution >= 4 is 28.7 Å². The van der Waals surface area contributed by atoms with Crippen LogP contribution in [0.3, 0.4) is 0 Å². The van der Waals surface area contributed by atoms with Gasteiger partial charge in [-0.3, -0.25) is 0 Å². The summed E-state index contributed by atoms with van der Waals surface area (Å²) in [5, 5.41) is 2.55. The molecular weight excluding hydrogens is 258 g/mol. The van der Waals surface area contributed by atoms with Gasteiger partial charge in [0.05, 0.1) is 22.1 Å².